The number of rotatable bonds is 7. The molecule has 1 aromatic heterocycles. The van der Waals surface area contributed by atoms with Crippen molar-refractivity contribution in [3.05, 3.63) is 42.0 Å². The van der Waals surface area contributed by atoms with Gasteiger partial charge in [0.05, 0.1) is 43.5 Å². The fraction of sp³-hybridized carbons (Fsp3) is 0.333. The molecule has 1 aliphatic rings. The third-order valence-electron chi connectivity index (χ3n) is 4.74. The molecule has 0 bridgehead atoms. The number of hydrogen-bond acceptors (Lipinski definition) is 6. The van der Waals surface area contributed by atoms with Crippen LogP contribution < -0.4 is 24.0 Å². The Hall–Kier alpha value is -2.84. The minimum absolute atomic E-state index is 0.115. The Morgan fingerprint density at radius 3 is 2.76 bits per heavy atom. The number of methoxy groups -OCH3 is 1. The molecular formula is C21H24N3O4S+. The van der Waals surface area contributed by atoms with E-state index in [-0.39, 0.29) is 12.7 Å². The summed E-state index contributed by atoms with van der Waals surface area (Å²) < 4.78 is 17.3. The zero-order valence-electron chi connectivity index (χ0n) is 16.7. The van der Waals surface area contributed by atoms with Crippen molar-refractivity contribution in [2.75, 3.05) is 46.0 Å². The molecule has 0 aliphatic carbocycles. The summed E-state index contributed by atoms with van der Waals surface area (Å²) >= 11 is 1.48. The number of thiazole rings is 1. The van der Waals surface area contributed by atoms with E-state index in [0.717, 1.165) is 23.2 Å². The van der Waals surface area contributed by atoms with Crippen LogP contribution in [0.3, 0.4) is 0 Å². The Labute approximate surface area is 173 Å². The maximum Gasteiger partial charge on any atom is 0.263 e. The van der Waals surface area contributed by atoms with Gasteiger partial charge in [-0.1, -0.05) is 23.5 Å². The minimum Gasteiger partial charge on any atom is -0.496 e. The van der Waals surface area contributed by atoms with E-state index in [1.165, 1.54) is 16.2 Å². The van der Waals surface area contributed by atoms with Crippen LogP contribution in [0.4, 0.5) is 5.13 Å². The second-order valence-corrected chi connectivity index (χ2v) is 8.15. The van der Waals surface area contributed by atoms with Gasteiger partial charge in [0.15, 0.2) is 16.6 Å². The number of hydrogen-bond donors (Lipinski definition) is 1. The Kier molecular flexibility index (Phi) is 5.55. The SMILES string of the molecule is COc1ccccc1C(=O)N(CCC[NH+](C)C)c1nc2cc3c(cc2s1)OCO3. The van der Waals surface area contributed by atoms with Crippen LogP contribution in [0.1, 0.15) is 16.8 Å². The molecule has 4 rings (SSSR count). The number of amides is 1. The van der Waals surface area contributed by atoms with E-state index in [4.69, 9.17) is 19.2 Å². The van der Waals surface area contributed by atoms with Gasteiger partial charge in [0.2, 0.25) is 6.79 Å². The van der Waals surface area contributed by atoms with Crippen LogP contribution in [0.5, 0.6) is 17.2 Å². The van der Waals surface area contributed by atoms with Crippen LogP contribution in [-0.4, -0.2) is 52.0 Å². The number of ether oxygens (including phenoxy) is 3. The van der Waals surface area contributed by atoms with E-state index in [9.17, 15) is 4.79 Å². The second-order valence-electron chi connectivity index (χ2n) is 7.14. The van der Waals surface area contributed by atoms with Gasteiger partial charge in [-0.25, -0.2) is 4.98 Å². The topological polar surface area (TPSA) is 65.3 Å². The van der Waals surface area contributed by atoms with Crippen LogP contribution >= 0.6 is 11.3 Å². The molecule has 0 unspecified atom stereocenters. The van der Waals surface area contributed by atoms with Crippen LogP contribution in [0.25, 0.3) is 10.2 Å². The Morgan fingerprint density at radius 1 is 1.24 bits per heavy atom. The van der Waals surface area contributed by atoms with Crippen LogP contribution in [-0.2, 0) is 0 Å². The van der Waals surface area contributed by atoms with Crippen molar-refractivity contribution in [2.24, 2.45) is 0 Å². The summed E-state index contributed by atoms with van der Waals surface area (Å²) in [4.78, 5) is 21.3. The summed E-state index contributed by atoms with van der Waals surface area (Å²) in [5, 5.41) is 0.660. The number of anilines is 1. The van der Waals surface area contributed by atoms with Gasteiger partial charge in [0.1, 0.15) is 5.75 Å². The first-order chi connectivity index (χ1) is 14.1. The Bertz CT molecular complexity index is 993. The first-order valence-corrected chi connectivity index (χ1v) is 10.3. The number of para-hydroxylation sites is 1. The van der Waals surface area contributed by atoms with Crippen molar-refractivity contribution in [1.29, 1.82) is 0 Å². The molecule has 29 heavy (non-hydrogen) atoms. The fourth-order valence-corrected chi connectivity index (χ4v) is 4.26. The van der Waals surface area contributed by atoms with Gasteiger partial charge in [0, 0.05) is 25.1 Å². The lowest BCUT2D eigenvalue weighted by Gasteiger charge is -2.21. The lowest BCUT2D eigenvalue weighted by atomic mass is 10.1. The zero-order chi connectivity index (χ0) is 20.4. The summed E-state index contributed by atoms with van der Waals surface area (Å²) in [7, 11) is 5.78. The molecule has 1 aliphatic heterocycles. The average Bonchev–Trinajstić information content (AvgIpc) is 3.34. The van der Waals surface area contributed by atoms with Crippen LogP contribution in [0.15, 0.2) is 36.4 Å². The van der Waals surface area contributed by atoms with Crippen molar-refractivity contribution < 1.29 is 23.9 Å². The molecule has 8 heteroatoms. The molecule has 1 amide bonds. The molecule has 2 heterocycles. The molecule has 7 nitrogen and oxygen atoms in total. The number of nitrogens with one attached hydrogen (secondary N) is 1. The van der Waals surface area contributed by atoms with Crippen molar-refractivity contribution >= 4 is 32.6 Å². The highest BCUT2D eigenvalue weighted by Crippen LogP contribution is 2.40. The van der Waals surface area contributed by atoms with E-state index < -0.39 is 0 Å². The van der Waals surface area contributed by atoms with E-state index in [2.05, 4.69) is 14.1 Å². The van der Waals surface area contributed by atoms with Gasteiger partial charge in [-0.3, -0.25) is 9.69 Å². The average molecular weight is 415 g/mol. The smallest absolute Gasteiger partial charge is 0.263 e. The van der Waals surface area contributed by atoms with E-state index in [0.29, 0.717) is 34.5 Å². The molecule has 0 fully saturated rings. The summed E-state index contributed by atoms with van der Waals surface area (Å²) in [6.07, 6.45) is 0.863. The van der Waals surface area contributed by atoms with Crippen molar-refractivity contribution in [3.8, 4) is 17.2 Å². The highest BCUT2D eigenvalue weighted by molar-refractivity contribution is 7.22. The lowest BCUT2D eigenvalue weighted by Crippen LogP contribution is -3.05. The number of fused-ring (bicyclic) bond motifs is 2. The number of nitrogens with zero attached hydrogens (tertiary/aromatic N) is 2. The van der Waals surface area contributed by atoms with Gasteiger partial charge < -0.3 is 19.1 Å². The van der Waals surface area contributed by atoms with Gasteiger partial charge in [0.25, 0.3) is 5.91 Å². The highest BCUT2D eigenvalue weighted by Gasteiger charge is 2.25. The Balaban J connectivity index is 1.70. The Morgan fingerprint density at radius 2 is 2.00 bits per heavy atom. The summed E-state index contributed by atoms with van der Waals surface area (Å²) in [5.74, 6) is 1.85. The van der Waals surface area contributed by atoms with Crippen molar-refractivity contribution in [2.45, 2.75) is 6.42 Å². The molecule has 0 atom stereocenters. The first-order valence-electron chi connectivity index (χ1n) is 9.51. The largest absolute Gasteiger partial charge is 0.496 e. The third kappa shape index (κ3) is 3.99. The molecule has 0 radical (unpaired) electrons. The summed E-state index contributed by atoms with van der Waals surface area (Å²) in [5.41, 5.74) is 1.32. The van der Waals surface area contributed by atoms with E-state index in [1.807, 2.05) is 24.3 Å². The summed E-state index contributed by atoms with van der Waals surface area (Å²) in [6, 6.07) is 11.1. The number of carbonyl (C=O) groups excluding carboxylic acids is 1. The quantitative estimate of drug-likeness (QED) is 0.642. The molecule has 152 valence electrons. The van der Waals surface area contributed by atoms with Gasteiger partial charge in [-0.05, 0) is 12.1 Å². The van der Waals surface area contributed by atoms with E-state index in [1.54, 1.807) is 24.1 Å². The zero-order valence-corrected chi connectivity index (χ0v) is 17.5. The number of aromatic nitrogens is 1. The number of quaternary nitrogens is 1. The molecule has 2 aromatic carbocycles. The lowest BCUT2D eigenvalue weighted by molar-refractivity contribution is -0.858. The first kappa shape index (κ1) is 19.5. The van der Waals surface area contributed by atoms with Crippen molar-refractivity contribution in [1.82, 2.24) is 4.98 Å². The maximum absolute atomic E-state index is 13.4. The predicted molar refractivity (Wildman–Crippen MR) is 113 cm³/mol. The number of benzene rings is 2. The standard InChI is InChI=1S/C21H23N3O4S/c1-23(2)9-6-10-24(20(25)14-7-4-5-8-16(14)26-3)21-22-15-11-17-18(28-13-27-17)12-19(15)29-21/h4-5,7-8,11-12H,6,9-10,13H2,1-3H3/p+1. The normalized spacial score (nSPS) is 12.6. The van der Waals surface area contributed by atoms with Crippen LogP contribution in [0.2, 0.25) is 0 Å². The molecule has 0 saturated heterocycles. The van der Waals surface area contributed by atoms with Gasteiger partial charge in [-0.15, -0.1) is 0 Å². The summed E-state index contributed by atoms with van der Waals surface area (Å²) in [6.45, 7) is 1.76. The number of carbonyl (C=O) groups is 1. The molecule has 0 spiro atoms. The molecular weight excluding hydrogens is 390 g/mol. The second kappa shape index (κ2) is 8.26. The van der Waals surface area contributed by atoms with Gasteiger partial charge in [-0.2, -0.15) is 0 Å². The minimum atomic E-state index is -0.115. The molecule has 3 aromatic rings. The highest BCUT2D eigenvalue weighted by atomic mass is 32.1. The monoisotopic (exact) mass is 414 g/mol. The van der Waals surface area contributed by atoms with Crippen molar-refractivity contribution in [3.63, 3.8) is 0 Å². The molecule has 0 saturated carbocycles. The van der Waals surface area contributed by atoms with E-state index >= 15 is 0 Å². The predicted octanol–water partition coefficient (Wildman–Crippen LogP) is 2.21. The maximum atomic E-state index is 13.4. The molecule has 1 N–H and O–H groups in total. The fourth-order valence-electron chi connectivity index (χ4n) is 3.26. The van der Waals surface area contributed by atoms with Gasteiger partial charge >= 0.3 is 0 Å². The van der Waals surface area contributed by atoms with Crippen LogP contribution in [0, 0.1) is 0 Å². The third-order valence-corrected chi connectivity index (χ3v) is 5.78.